The molecule has 152 valence electrons. The number of aryl methyl sites for hydroxylation is 1. The highest BCUT2D eigenvalue weighted by Gasteiger charge is 2.38. The van der Waals surface area contributed by atoms with Gasteiger partial charge in [-0.05, 0) is 37.1 Å². The van der Waals surface area contributed by atoms with Crippen molar-refractivity contribution in [3.63, 3.8) is 0 Å². The summed E-state index contributed by atoms with van der Waals surface area (Å²) in [4.78, 5) is 22.4. The predicted octanol–water partition coefficient (Wildman–Crippen LogP) is 3.51. The first-order valence-electron chi connectivity index (χ1n) is 9.12. The lowest BCUT2D eigenvalue weighted by Crippen LogP contribution is -2.40. The highest BCUT2D eigenvalue weighted by molar-refractivity contribution is 5.92. The third kappa shape index (κ3) is 3.87. The van der Waals surface area contributed by atoms with Crippen molar-refractivity contribution in [1.29, 1.82) is 0 Å². The van der Waals surface area contributed by atoms with Crippen LogP contribution in [0.3, 0.4) is 0 Å². The lowest BCUT2D eigenvalue weighted by molar-refractivity contribution is -0.159. The molecule has 1 saturated heterocycles. The van der Waals surface area contributed by atoms with Gasteiger partial charge in [-0.1, -0.05) is 11.2 Å². The number of pyridine rings is 1. The fourth-order valence-electron chi connectivity index (χ4n) is 3.49. The second kappa shape index (κ2) is 7.34. The topological polar surface area (TPSA) is 77.0 Å². The molecule has 4 rings (SSSR count). The van der Waals surface area contributed by atoms with Gasteiger partial charge in [0.1, 0.15) is 11.4 Å². The lowest BCUT2D eigenvalue weighted by atomic mass is 9.94. The second-order valence-corrected chi connectivity index (χ2v) is 6.96. The molecule has 7 nitrogen and oxygen atoms in total. The molecule has 10 heteroatoms. The number of aromatic nitrogens is 4. The smallest absolute Gasteiger partial charge is 0.347 e. The molecule has 0 N–H and O–H groups in total. The molecule has 0 spiro atoms. The van der Waals surface area contributed by atoms with Gasteiger partial charge in [0.05, 0.1) is 0 Å². The molecule has 1 fully saturated rings. The minimum atomic E-state index is -4.70. The summed E-state index contributed by atoms with van der Waals surface area (Å²) in [7, 11) is 1.82. The molecule has 29 heavy (non-hydrogen) atoms. The quantitative estimate of drug-likeness (QED) is 0.667. The number of hydrogen-bond acceptors (Lipinski definition) is 5. The largest absolute Gasteiger partial charge is 0.471 e. The van der Waals surface area contributed by atoms with Crippen LogP contribution in [0.1, 0.15) is 40.8 Å². The maximum Gasteiger partial charge on any atom is 0.471 e. The molecule has 1 amide bonds. The molecule has 0 aromatic carbocycles. The van der Waals surface area contributed by atoms with Gasteiger partial charge in [0.25, 0.3) is 5.91 Å². The van der Waals surface area contributed by atoms with Crippen molar-refractivity contribution < 1.29 is 22.5 Å². The average Bonchev–Trinajstić information content (AvgIpc) is 3.37. The minimum absolute atomic E-state index is 0.0260. The third-order valence-corrected chi connectivity index (χ3v) is 4.96. The Morgan fingerprint density at radius 1 is 1.21 bits per heavy atom. The zero-order valence-electron chi connectivity index (χ0n) is 15.6. The Bertz CT molecular complexity index is 1030. The van der Waals surface area contributed by atoms with E-state index in [1.54, 1.807) is 27.7 Å². The van der Waals surface area contributed by atoms with Crippen LogP contribution >= 0.6 is 0 Å². The van der Waals surface area contributed by atoms with Crippen molar-refractivity contribution in [2.45, 2.75) is 24.9 Å². The van der Waals surface area contributed by atoms with Crippen LogP contribution in [0, 0.1) is 0 Å². The number of halogens is 3. The number of rotatable bonds is 3. The first kappa shape index (κ1) is 19.2. The van der Waals surface area contributed by atoms with E-state index in [-0.39, 0.29) is 23.3 Å². The zero-order chi connectivity index (χ0) is 20.6. The van der Waals surface area contributed by atoms with Gasteiger partial charge in [0.15, 0.2) is 0 Å². The van der Waals surface area contributed by atoms with Crippen LogP contribution in [0.25, 0.3) is 11.5 Å². The van der Waals surface area contributed by atoms with E-state index in [1.165, 1.54) is 6.07 Å². The maximum absolute atomic E-state index is 12.8. The van der Waals surface area contributed by atoms with E-state index in [2.05, 4.69) is 19.6 Å². The van der Waals surface area contributed by atoms with Gasteiger partial charge in [0, 0.05) is 37.9 Å². The Morgan fingerprint density at radius 3 is 2.72 bits per heavy atom. The number of hydrogen-bond donors (Lipinski definition) is 0. The minimum Gasteiger partial charge on any atom is -0.347 e. The summed E-state index contributed by atoms with van der Waals surface area (Å²) in [5.41, 5.74) is 1.50. The Kier molecular flexibility index (Phi) is 4.85. The van der Waals surface area contributed by atoms with Gasteiger partial charge in [-0.15, -0.1) is 0 Å². The summed E-state index contributed by atoms with van der Waals surface area (Å²) in [5.74, 6) is -1.70. The summed E-state index contributed by atoms with van der Waals surface area (Å²) in [6.45, 7) is 1.14. The molecule has 0 saturated carbocycles. The monoisotopic (exact) mass is 405 g/mol. The Hall–Kier alpha value is -3.17. The molecule has 1 unspecified atom stereocenters. The molecular formula is C19H18F3N5O2. The van der Waals surface area contributed by atoms with Crippen molar-refractivity contribution in [3.8, 4) is 11.5 Å². The number of carbonyl (C=O) groups is 1. The van der Waals surface area contributed by atoms with Crippen molar-refractivity contribution >= 4 is 5.91 Å². The van der Waals surface area contributed by atoms with Crippen LogP contribution < -0.4 is 0 Å². The van der Waals surface area contributed by atoms with Crippen molar-refractivity contribution in [1.82, 2.24) is 24.6 Å². The van der Waals surface area contributed by atoms with Crippen LogP contribution in [-0.2, 0) is 13.2 Å². The van der Waals surface area contributed by atoms with Gasteiger partial charge in [-0.2, -0.15) is 18.2 Å². The highest BCUT2D eigenvalue weighted by Crippen LogP contribution is 2.30. The summed E-state index contributed by atoms with van der Waals surface area (Å²) < 4.78 is 44.2. The van der Waals surface area contributed by atoms with Gasteiger partial charge >= 0.3 is 12.1 Å². The molecule has 4 heterocycles. The fourth-order valence-corrected chi connectivity index (χ4v) is 3.49. The standard InChI is InChI=1S/C19H18F3N5O2/c1-26-9-4-8-15(26)17(28)27-10-3-5-12(11-27)13-6-2-7-14(23-13)16-24-18(29-25-16)19(20,21)22/h2,4,6-9,12H,3,5,10-11H2,1H3. The predicted molar refractivity (Wildman–Crippen MR) is 95.8 cm³/mol. The molecule has 0 aliphatic carbocycles. The number of piperidine rings is 1. The molecular weight excluding hydrogens is 387 g/mol. The van der Waals surface area contributed by atoms with E-state index < -0.39 is 12.1 Å². The van der Waals surface area contributed by atoms with Gasteiger partial charge < -0.3 is 14.0 Å². The fraction of sp³-hybridized carbons (Fsp3) is 0.368. The molecule has 3 aromatic rings. The first-order valence-corrected chi connectivity index (χ1v) is 9.12. The maximum atomic E-state index is 12.8. The van der Waals surface area contributed by atoms with E-state index in [0.29, 0.717) is 24.5 Å². The van der Waals surface area contributed by atoms with Crippen LogP contribution in [0.5, 0.6) is 0 Å². The van der Waals surface area contributed by atoms with Crippen molar-refractivity contribution in [2.24, 2.45) is 7.05 Å². The first-order chi connectivity index (χ1) is 13.8. The van der Waals surface area contributed by atoms with E-state index >= 15 is 0 Å². The highest BCUT2D eigenvalue weighted by atomic mass is 19.4. The zero-order valence-corrected chi connectivity index (χ0v) is 15.6. The third-order valence-electron chi connectivity index (χ3n) is 4.96. The summed E-state index contributed by atoms with van der Waals surface area (Å²) in [6.07, 6.45) is -1.25. The van der Waals surface area contributed by atoms with Crippen LogP contribution in [0.2, 0.25) is 0 Å². The Balaban J connectivity index is 1.54. The van der Waals surface area contributed by atoms with Crippen LogP contribution in [-0.4, -0.2) is 43.6 Å². The summed E-state index contributed by atoms with van der Waals surface area (Å²) in [6, 6.07) is 8.62. The Morgan fingerprint density at radius 2 is 2.03 bits per heavy atom. The van der Waals surface area contributed by atoms with Crippen molar-refractivity contribution in [3.05, 3.63) is 53.8 Å². The normalized spacial score (nSPS) is 17.5. The summed E-state index contributed by atoms with van der Waals surface area (Å²) in [5, 5.41) is 3.39. The van der Waals surface area contributed by atoms with E-state index in [4.69, 9.17) is 0 Å². The summed E-state index contributed by atoms with van der Waals surface area (Å²) >= 11 is 0. The van der Waals surface area contributed by atoms with E-state index in [1.807, 2.05) is 19.3 Å². The molecule has 1 aliphatic rings. The SMILES string of the molecule is Cn1cccc1C(=O)N1CCCC(c2cccc(-c3noc(C(F)(F)F)n3)n2)C1. The van der Waals surface area contributed by atoms with E-state index in [9.17, 15) is 18.0 Å². The molecule has 0 radical (unpaired) electrons. The Labute approximate surface area is 164 Å². The average molecular weight is 405 g/mol. The number of nitrogens with zero attached hydrogens (tertiary/aromatic N) is 5. The molecule has 0 bridgehead atoms. The van der Waals surface area contributed by atoms with Crippen LogP contribution in [0.4, 0.5) is 13.2 Å². The van der Waals surface area contributed by atoms with E-state index in [0.717, 1.165) is 12.8 Å². The molecule has 1 aliphatic heterocycles. The number of amides is 1. The van der Waals surface area contributed by atoms with Crippen molar-refractivity contribution in [2.75, 3.05) is 13.1 Å². The number of alkyl halides is 3. The number of likely N-dealkylation sites (tertiary alicyclic amines) is 1. The van der Waals surface area contributed by atoms with Gasteiger partial charge in [-0.25, -0.2) is 4.98 Å². The van der Waals surface area contributed by atoms with Crippen LogP contribution in [0.15, 0.2) is 41.1 Å². The van der Waals surface area contributed by atoms with Gasteiger partial charge in [0.2, 0.25) is 5.82 Å². The second-order valence-electron chi connectivity index (χ2n) is 6.96. The number of carbonyl (C=O) groups excluding carboxylic acids is 1. The van der Waals surface area contributed by atoms with Gasteiger partial charge in [-0.3, -0.25) is 4.79 Å². The molecule has 3 aromatic heterocycles. The molecule has 1 atom stereocenters. The lowest BCUT2D eigenvalue weighted by Gasteiger charge is -2.32.